The zero-order valence-electron chi connectivity index (χ0n) is 16.4. The predicted octanol–water partition coefficient (Wildman–Crippen LogP) is 2.22. The zero-order chi connectivity index (χ0) is 20.8. The molecule has 0 aliphatic carbocycles. The van der Waals surface area contributed by atoms with Gasteiger partial charge < -0.3 is 20.2 Å². The van der Waals surface area contributed by atoms with Gasteiger partial charge in [-0.15, -0.1) is 0 Å². The van der Waals surface area contributed by atoms with Gasteiger partial charge in [-0.25, -0.2) is 4.79 Å². The van der Waals surface area contributed by atoms with Crippen LogP contribution in [-0.4, -0.2) is 51.0 Å². The molecule has 3 aromatic rings. The molecule has 0 saturated heterocycles. The van der Waals surface area contributed by atoms with E-state index in [0.29, 0.717) is 18.7 Å². The number of aromatic nitrogens is 4. The van der Waals surface area contributed by atoms with Gasteiger partial charge >= 0.3 is 6.03 Å². The Balaban J connectivity index is 1.24. The molecule has 0 bridgehead atoms. The molecule has 30 heavy (non-hydrogen) atoms. The number of oxime groups is 1. The molecule has 0 saturated carbocycles. The number of hydrogen-bond donors (Lipinski definition) is 2. The third kappa shape index (κ3) is 4.90. The summed E-state index contributed by atoms with van der Waals surface area (Å²) in [6, 6.07) is 9.09. The summed E-state index contributed by atoms with van der Waals surface area (Å²) in [7, 11) is 1.88. The Morgan fingerprint density at radius 1 is 1.27 bits per heavy atom. The van der Waals surface area contributed by atoms with Crippen LogP contribution < -0.4 is 15.4 Å². The van der Waals surface area contributed by atoms with Crippen LogP contribution in [0.4, 0.5) is 10.5 Å². The van der Waals surface area contributed by atoms with E-state index in [4.69, 9.17) is 9.57 Å². The summed E-state index contributed by atoms with van der Waals surface area (Å²) in [6.45, 7) is 0.631. The molecule has 0 fully saturated rings. The first kappa shape index (κ1) is 19.4. The van der Waals surface area contributed by atoms with Crippen molar-refractivity contribution < 1.29 is 14.4 Å². The van der Waals surface area contributed by atoms with Crippen LogP contribution in [0.25, 0.3) is 11.1 Å². The van der Waals surface area contributed by atoms with Crippen LogP contribution in [-0.2, 0) is 11.9 Å². The largest absolute Gasteiger partial charge is 0.489 e. The van der Waals surface area contributed by atoms with Crippen LogP contribution in [0.2, 0.25) is 0 Å². The second kappa shape index (κ2) is 9.03. The van der Waals surface area contributed by atoms with E-state index in [0.717, 1.165) is 22.6 Å². The highest BCUT2D eigenvalue weighted by molar-refractivity contribution is 5.94. The number of benzene rings is 1. The molecule has 1 aliphatic heterocycles. The third-order valence-corrected chi connectivity index (χ3v) is 4.42. The third-order valence-electron chi connectivity index (χ3n) is 4.42. The summed E-state index contributed by atoms with van der Waals surface area (Å²) in [4.78, 5) is 17.4. The van der Waals surface area contributed by atoms with Crippen molar-refractivity contribution in [3.8, 4) is 16.9 Å². The maximum absolute atomic E-state index is 11.9. The normalized spacial score (nSPS) is 15.2. The lowest BCUT2D eigenvalue weighted by Gasteiger charge is -2.13. The molecular weight excluding hydrogens is 386 g/mol. The average Bonchev–Trinajstić information content (AvgIpc) is 3.40. The van der Waals surface area contributed by atoms with Gasteiger partial charge in [0.1, 0.15) is 12.4 Å². The molecule has 1 unspecified atom stereocenters. The highest BCUT2D eigenvalue weighted by Crippen LogP contribution is 2.29. The summed E-state index contributed by atoms with van der Waals surface area (Å²) < 4.78 is 7.74. The van der Waals surface area contributed by atoms with E-state index in [-0.39, 0.29) is 18.7 Å². The number of anilines is 1. The van der Waals surface area contributed by atoms with Crippen LogP contribution in [0.1, 0.15) is 6.42 Å². The lowest BCUT2D eigenvalue weighted by atomic mass is 10.1. The van der Waals surface area contributed by atoms with Crippen molar-refractivity contribution >= 4 is 17.4 Å². The summed E-state index contributed by atoms with van der Waals surface area (Å²) in [5.41, 5.74) is 3.25. The van der Waals surface area contributed by atoms with Crippen molar-refractivity contribution in [1.82, 2.24) is 25.3 Å². The van der Waals surface area contributed by atoms with E-state index in [1.807, 2.05) is 37.5 Å². The number of para-hydroxylation sites is 1. The molecular formula is C20H21N7O3. The van der Waals surface area contributed by atoms with E-state index in [1.165, 1.54) is 12.4 Å². The highest BCUT2D eigenvalue weighted by Gasteiger charge is 2.22. The standard InChI is InChI=1S/C20H21N7O3/c1-27-12-14(9-24-27)18-4-2-3-5-19(18)29-13-17-8-16(26-30-17)10-21-20(28)25-15-6-7-22-23-11-15/h2-7,9,11-12,17H,8,10,13H2,1H3,(H2,21,22,25,28). The number of nitrogens with one attached hydrogen (secondary N) is 2. The number of aryl methyl sites for hydroxylation is 1. The molecule has 10 heteroatoms. The van der Waals surface area contributed by atoms with E-state index in [1.54, 1.807) is 16.9 Å². The van der Waals surface area contributed by atoms with Crippen molar-refractivity contribution in [2.45, 2.75) is 12.5 Å². The Morgan fingerprint density at radius 3 is 2.97 bits per heavy atom. The van der Waals surface area contributed by atoms with Crippen LogP contribution in [0.3, 0.4) is 0 Å². The van der Waals surface area contributed by atoms with Crippen LogP contribution in [0.15, 0.2) is 60.3 Å². The van der Waals surface area contributed by atoms with Gasteiger partial charge in [0.2, 0.25) is 0 Å². The van der Waals surface area contributed by atoms with E-state index in [2.05, 4.69) is 31.1 Å². The van der Waals surface area contributed by atoms with Gasteiger partial charge in [0.25, 0.3) is 0 Å². The molecule has 4 rings (SSSR count). The van der Waals surface area contributed by atoms with Crippen LogP contribution in [0.5, 0.6) is 5.75 Å². The van der Waals surface area contributed by atoms with Crippen LogP contribution in [0, 0.1) is 0 Å². The quantitative estimate of drug-likeness (QED) is 0.620. The fraction of sp³-hybridized carbons (Fsp3) is 0.250. The number of carbonyl (C=O) groups excluding carboxylic acids is 1. The summed E-state index contributed by atoms with van der Waals surface area (Å²) in [6.07, 6.45) is 7.07. The number of ether oxygens (including phenoxy) is 1. The Morgan fingerprint density at radius 2 is 2.17 bits per heavy atom. The average molecular weight is 407 g/mol. The van der Waals surface area contributed by atoms with Crippen molar-refractivity contribution in [3.05, 3.63) is 55.1 Å². The maximum Gasteiger partial charge on any atom is 0.319 e. The number of rotatable bonds is 7. The SMILES string of the molecule is Cn1cc(-c2ccccc2OCC2CC(CNC(=O)Nc3ccnnc3)=NO2)cn1. The second-order valence-electron chi connectivity index (χ2n) is 6.74. The van der Waals surface area contributed by atoms with Gasteiger partial charge in [0.05, 0.1) is 36.5 Å². The molecule has 2 N–H and O–H groups in total. The van der Waals surface area contributed by atoms with Gasteiger partial charge in [-0.2, -0.15) is 15.3 Å². The molecule has 1 aliphatic rings. The number of hydrogen-bond acceptors (Lipinski definition) is 7. The molecule has 10 nitrogen and oxygen atoms in total. The second-order valence-corrected chi connectivity index (χ2v) is 6.74. The van der Waals surface area contributed by atoms with Crippen LogP contribution >= 0.6 is 0 Å². The van der Waals surface area contributed by atoms with E-state index < -0.39 is 0 Å². The topological polar surface area (TPSA) is 116 Å². The molecule has 2 amide bonds. The highest BCUT2D eigenvalue weighted by atomic mass is 16.7. The molecule has 154 valence electrons. The first-order valence-electron chi connectivity index (χ1n) is 9.41. The smallest absolute Gasteiger partial charge is 0.319 e. The molecule has 1 atom stereocenters. The molecule has 2 aromatic heterocycles. The summed E-state index contributed by atoms with van der Waals surface area (Å²) in [5, 5.41) is 21.0. The Bertz CT molecular complexity index is 1040. The van der Waals surface area contributed by atoms with Gasteiger partial charge in [-0.3, -0.25) is 4.68 Å². The lowest BCUT2D eigenvalue weighted by Crippen LogP contribution is -2.33. The van der Waals surface area contributed by atoms with Gasteiger partial charge in [0, 0.05) is 30.8 Å². The minimum Gasteiger partial charge on any atom is -0.489 e. The predicted molar refractivity (Wildman–Crippen MR) is 110 cm³/mol. The first-order chi connectivity index (χ1) is 14.7. The number of carbonyl (C=O) groups is 1. The summed E-state index contributed by atoms with van der Waals surface area (Å²) in [5.74, 6) is 0.756. The van der Waals surface area contributed by atoms with Crippen molar-refractivity contribution in [3.63, 3.8) is 0 Å². The number of urea groups is 1. The Kier molecular flexibility index (Phi) is 5.83. The first-order valence-corrected chi connectivity index (χ1v) is 9.41. The van der Waals surface area contributed by atoms with Gasteiger partial charge in [-0.05, 0) is 12.1 Å². The molecule has 3 heterocycles. The Hall–Kier alpha value is -3.95. The zero-order valence-corrected chi connectivity index (χ0v) is 16.4. The van der Waals surface area contributed by atoms with E-state index >= 15 is 0 Å². The maximum atomic E-state index is 11.9. The van der Waals surface area contributed by atoms with Crippen molar-refractivity contribution in [2.75, 3.05) is 18.5 Å². The fourth-order valence-corrected chi connectivity index (χ4v) is 2.98. The minimum absolute atomic E-state index is 0.212. The molecule has 1 aromatic carbocycles. The van der Waals surface area contributed by atoms with Crippen molar-refractivity contribution in [2.24, 2.45) is 12.2 Å². The van der Waals surface area contributed by atoms with Crippen molar-refractivity contribution in [1.29, 1.82) is 0 Å². The summed E-state index contributed by atoms with van der Waals surface area (Å²) >= 11 is 0. The molecule has 0 spiro atoms. The molecule has 0 radical (unpaired) electrons. The fourth-order valence-electron chi connectivity index (χ4n) is 2.98. The number of amides is 2. The van der Waals surface area contributed by atoms with E-state index in [9.17, 15) is 4.79 Å². The Labute approximate surface area is 172 Å². The van der Waals surface area contributed by atoms with Gasteiger partial charge in [-0.1, -0.05) is 23.4 Å². The lowest BCUT2D eigenvalue weighted by molar-refractivity contribution is 0.0472. The monoisotopic (exact) mass is 407 g/mol. The minimum atomic E-state index is -0.351. The number of nitrogens with zero attached hydrogens (tertiary/aromatic N) is 5. The van der Waals surface area contributed by atoms with Gasteiger partial charge in [0.15, 0.2) is 6.10 Å².